The smallest absolute Gasteiger partial charge is 0.393 e. The van der Waals surface area contributed by atoms with E-state index < -0.39 is 11.2 Å². The van der Waals surface area contributed by atoms with Crippen LogP contribution in [-0.4, -0.2) is 21.4 Å². The first-order valence-corrected chi connectivity index (χ1v) is 4.77. The maximum absolute atomic E-state index is 12.7. The van der Waals surface area contributed by atoms with Crippen LogP contribution >= 0.6 is 11.8 Å². The van der Waals surface area contributed by atoms with Crippen molar-refractivity contribution in [3.8, 4) is 0 Å². The third kappa shape index (κ3) is 3.17. The van der Waals surface area contributed by atoms with E-state index in [-0.39, 0.29) is 23.3 Å². The van der Waals surface area contributed by atoms with E-state index in [1.807, 2.05) is 0 Å². The molecule has 0 bridgehead atoms. The summed E-state index contributed by atoms with van der Waals surface area (Å²) in [6, 6.07) is 5.60. The minimum absolute atomic E-state index is 0.0413. The summed E-state index contributed by atoms with van der Waals surface area (Å²) in [4.78, 5) is 10.3. The van der Waals surface area contributed by atoms with Crippen LogP contribution in [0.15, 0.2) is 29.2 Å². The van der Waals surface area contributed by atoms with Gasteiger partial charge in [-0.1, -0.05) is 12.1 Å². The molecule has 0 spiro atoms. The molecule has 0 saturated carbocycles. The number of carboxylic acids is 1. The molecule has 0 aliphatic heterocycles. The Morgan fingerprint density at radius 1 is 1.33 bits per heavy atom. The summed E-state index contributed by atoms with van der Waals surface area (Å²) in [5.41, 5.74) is 0.581. The normalized spacial score (nSPS) is 11.4. The Hall–Kier alpha value is -1.14. The number of halogens is 2. The summed E-state index contributed by atoms with van der Waals surface area (Å²) < 4.78 is 25.5. The van der Waals surface area contributed by atoms with Crippen molar-refractivity contribution in [2.24, 2.45) is 0 Å². The van der Waals surface area contributed by atoms with Gasteiger partial charge in [0.1, 0.15) is 0 Å². The average molecular weight is 234 g/mol. The number of carboxylic acid groups (broad SMARTS) is 1. The lowest BCUT2D eigenvalue weighted by atomic mass is 10.2. The number of alkyl halides is 2. The molecule has 0 aliphatic carbocycles. The first kappa shape index (κ1) is 11.9. The summed E-state index contributed by atoms with van der Waals surface area (Å²) >= 11 is -0.0413. The highest BCUT2D eigenvalue weighted by Gasteiger charge is 2.40. The van der Waals surface area contributed by atoms with Crippen molar-refractivity contribution in [3.05, 3.63) is 29.8 Å². The molecule has 15 heavy (non-hydrogen) atoms. The van der Waals surface area contributed by atoms with Gasteiger partial charge in [0, 0.05) is 4.90 Å². The van der Waals surface area contributed by atoms with Gasteiger partial charge in [-0.2, -0.15) is 8.78 Å². The minimum Gasteiger partial charge on any atom is -0.476 e. The fourth-order valence-corrected chi connectivity index (χ4v) is 1.51. The molecule has 0 aromatic heterocycles. The number of aliphatic hydroxyl groups is 1. The number of hydrogen-bond donors (Lipinski definition) is 2. The van der Waals surface area contributed by atoms with Crippen molar-refractivity contribution in [2.75, 3.05) is 0 Å². The molecule has 0 radical (unpaired) electrons. The maximum Gasteiger partial charge on any atom is 0.393 e. The Kier molecular flexibility index (Phi) is 3.65. The first-order chi connectivity index (χ1) is 6.95. The minimum atomic E-state index is -3.83. The molecule has 6 heteroatoms. The fourth-order valence-electron chi connectivity index (χ4n) is 0.855. The summed E-state index contributed by atoms with van der Waals surface area (Å²) in [6.45, 7) is -0.180. The van der Waals surface area contributed by atoms with Crippen LogP contribution in [0.25, 0.3) is 0 Å². The molecule has 0 aliphatic rings. The van der Waals surface area contributed by atoms with Crippen LogP contribution in [0.2, 0.25) is 0 Å². The summed E-state index contributed by atoms with van der Waals surface area (Å²) in [5, 5.41) is 13.1. The number of hydrogen-bond acceptors (Lipinski definition) is 3. The number of rotatable bonds is 4. The molecular formula is C9H8F2O3S. The zero-order valence-electron chi connectivity index (χ0n) is 7.48. The van der Waals surface area contributed by atoms with Crippen LogP contribution in [0.3, 0.4) is 0 Å². The fraction of sp³-hybridized carbons (Fsp3) is 0.222. The number of aliphatic carboxylic acids is 1. The Balaban J connectivity index is 2.77. The van der Waals surface area contributed by atoms with Crippen LogP contribution in [0, 0.1) is 0 Å². The quantitative estimate of drug-likeness (QED) is 0.782. The lowest BCUT2D eigenvalue weighted by Crippen LogP contribution is -2.23. The second kappa shape index (κ2) is 4.59. The maximum atomic E-state index is 12.7. The van der Waals surface area contributed by atoms with Crippen LogP contribution < -0.4 is 0 Å². The van der Waals surface area contributed by atoms with Crippen LogP contribution in [0.4, 0.5) is 8.78 Å². The number of carbonyl (C=O) groups is 1. The van der Waals surface area contributed by atoms with Crippen LogP contribution in [0.5, 0.6) is 0 Å². The van der Waals surface area contributed by atoms with Gasteiger partial charge in [-0.3, -0.25) is 0 Å². The van der Waals surface area contributed by atoms with Crippen molar-refractivity contribution in [1.82, 2.24) is 0 Å². The highest BCUT2D eigenvalue weighted by atomic mass is 32.2. The largest absolute Gasteiger partial charge is 0.476 e. The van der Waals surface area contributed by atoms with E-state index in [4.69, 9.17) is 10.2 Å². The van der Waals surface area contributed by atoms with Crippen molar-refractivity contribution in [2.45, 2.75) is 16.8 Å². The molecule has 1 aromatic rings. The summed E-state index contributed by atoms with van der Waals surface area (Å²) in [6.07, 6.45) is 0. The molecule has 2 N–H and O–H groups in total. The SMILES string of the molecule is O=C(O)C(F)(F)Sc1ccc(CO)cc1. The molecule has 0 unspecified atom stereocenters. The Morgan fingerprint density at radius 2 is 1.87 bits per heavy atom. The van der Waals surface area contributed by atoms with Gasteiger partial charge in [-0.15, -0.1) is 0 Å². The molecule has 0 fully saturated rings. The number of thioether (sulfide) groups is 1. The highest BCUT2D eigenvalue weighted by Crippen LogP contribution is 2.35. The van der Waals surface area contributed by atoms with Crippen molar-refractivity contribution in [1.29, 1.82) is 0 Å². The van der Waals surface area contributed by atoms with Crippen LogP contribution in [-0.2, 0) is 11.4 Å². The lowest BCUT2D eigenvalue weighted by Gasteiger charge is -2.10. The van der Waals surface area contributed by atoms with Crippen molar-refractivity contribution >= 4 is 17.7 Å². The predicted molar refractivity (Wildman–Crippen MR) is 50.8 cm³/mol. The Bertz CT molecular complexity index is 351. The second-order valence-electron chi connectivity index (χ2n) is 2.73. The van der Waals surface area contributed by atoms with E-state index in [1.54, 1.807) is 0 Å². The monoisotopic (exact) mass is 234 g/mol. The van der Waals surface area contributed by atoms with Crippen LogP contribution in [0.1, 0.15) is 5.56 Å². The molecule has 3 nitrogen and oxygen atoms in total. The highest BCUT2D eigenvalue weighted by molar-refractivity contribution is 8.01. The molecular weight excluding hydrogens is 226 g/mol. The average Bonchev–Trinajstić information content (AvgIpc) is 2.18. The van der Waals surface area contributed by atoms with E-state index in [2.05, 4.69) is 0 Å². The first-order valence-electron chi connectivity index (χ1n) is 3.96. The number of aliphatic hydroxyl groups excluding tert-OH is 1. The lowest BCUT2D eigenvalue weighted by molar-refractivity contribution is -0.152. The molecule has 0 atom stereocenters. The molecule has 82 valence electrons. The zero-order valence-corrected chi connectivity index (χ0v) is 8.30. The molecule has 0 amide bonds. The van der Waals surface area contributed by atoms with E-state index in [0.717, 1.165) is 0 Å². The van der Waals surface area contributed by atoms with Gasteiger partial charge in [-0.25, -0.2) is 4.79 Å². The molecule has 0 saturated heterocycles. The van der Waals surface area contributed by atoms with E-state index in [0.29, 0.717) is 5.56 Å². The van der Waals surface area contributed by atoms with E-state index in [9.17, 15) is 13.6 Å². The standard InChI is InChI=1S/C9H8F2O3S/c10-9(11,8(13)14)15-7-3-1-6(5-12)2-4-7/h1-4,12H,5H2,(H,13,14). The number of benzene rings is 1. The third-order valence-electron chi connectivity index (χ3n) is 1.60. The van der Waals surface area contributed by atoms with Crippen molar-refractivity contribution < 1.29 is 23.8 Å². The van der Waals surface area contributed by atoms with Crippen molar-refractivity contribution in [3.63, 3.8) is 0 Å². The third-order valence-corrected chi connectivity index (χ3v) is 2.54. The Morgan fingerprint density at radius 3 is 2.27 bits per heavy atom. The molecule has 1 aromatic carbocycles. The summed E-state index contributed by atoms with van der Waals surface area (Å²) in [7, 11) is 0. The van der Waals surface area contributed by atoms with Gasteiger partial charge in [-0.05, 0) is 29.5 Å². The predicted octanol–water partition coefficient (Wildman–Crippen LogP) is 1.95. The van der Waals surface area contributed by atoms with Gasteiger partial charge in [0.05, 0.1) is 6.61 Å². The second-order valence-corrected chi connectivity index (χ2v) is 3.91. The van der Waals surface area contributed by atoms with E-state index in [1.165, 1.54) is 24.3 Å². The molecule has 1 rings (SSSR count). The van der Waals surface area contributed by atoms with Gasteiger partial charge in [0.15, 0.2) is 0 Å². The topological polar surface area (TPSA) is 57.5 Å². The van der Waals surface area contributed by atoms with E-state index >= 15 is 0 Å². The Labute approximate surface area is 88.7 Å². The van der Waals surface area contributed by atoms with Gasteiger partial charge >= 0.3 is 11.2 Å². The zero-order chi connectivity index (χ0) is 11.5. The summed E-state index contributed by atoms with van der Waals surface area (Å²) in [5.74, 6) is -2.17. The van der Waals surface area contributed by atoms with Gasteiger partial charge in [0.25, 0.3) is 0 Å². The van der Waals surface area contributed by atoms with Gasteiger partial charge < -0.3 is 10.2 Å². The molecule has 0 heterocycles. The van der Waals surface area contributed by atoms with Gasteiger partial charge in [0.2, 0.25) is 0 Å².